The fourth-order valence-electron chi connectivity index (χ4n) is 2.07. The van der Waals surface area contributed by atoms with Crippen molar-refractivity contribution in [2.45, 2.75) is 38.2 Å². The molecule has 3 heteroatoms. The summed E-state index contributed by atoms with van der Waals surface area (Å²) in [5.74, 6) is 0.565. The summed E-state index contributed by atoms with van der Waals surface area (Å²) < 4.78 is 0. The van der Waals surface area contributed by atoms with Crippen LogP contribution >= 0.6 is 0 Å². The van der Waals surface area contributed by atoms with Gasteiger partial charge in [0.15, 0.2) is 0 Å². The van der Waals surface area contributed by atoms with E-state index in [9.17, 15) is 9.90 Å². The minimum Gasteiger partial charge on any atom is -0.391 e. The summed E-state index contributed by atoms with van der Waals surface area (Å²) >= 11 is 0. The standard InChI is InChI=1S/C10H17NO2/c12-9-5-2-6-11(7-9)10(13)8-3-1-4-8/h8-9,12H,1-7H2. The molecule has 2 fully saturated rings. The predicted octanol–water partition coefficient (Wildman–Crippen LogP) is 0.770. The third kappa shape index (κ3) is 1.85. The van der Waals surface area contributed by atoms with Crippen LogP contribution in [0.5, 0.6) is 0 Å². The van der Waals surface area contributed by atoms with Gasteiger partial charge in [-0.3, -0.25) is 4.79 Å². The fraction of sp³-hybridized carbons (Fsp3) is 0.900. The Kier molecular flexibility index (Phi) is 2.54. The van der Waals surface area contributed by atoms with Gasteiger partial charge in [0, 0.05) is 19.0 Å². The molecule has 0 bridgehead atoms. The second-order valence-electron chi connectivity index (χ2n) is 4.21. The first kappa shape index (κ1) is 9.00. The summed E-state index contributed by atoms with van der Waals surface area (Å²) in [4.78, 5) is 13.6. The molecule has 1 aliphatic heterocycles. The molecule has 1 heterocycles. The van der Waals surface area contributed by atoms with E-state index < -0.39 is 0 Å². The highest BCUT2D eigenvalue weighted by atomic mass is 16.3. The molecule has 1 saturated carbocycles. The van der Waals surface area contributed by atoms with Gasteiger partial charge in [-0.25, -0.2) is 0 Å². The van der Waals surface area contributed by atoms with Crippen molar-refractivity contribution in [1.82, 2.24) is 4.90 Å². The average molecular weight is 183 g/mol. The third-order valence-electron chi connectivity index (χ3n) is 3.16. The van der Waals surface area contributed by atoms with Crippen molar-refractivity contribution in [3.05, 3.63) is 0 Å². The molecule has 0 aromatic heterocycles. The van der Waals surface area contributed by atoms with Crippen LogP contribution in [-0.2, 0) is 4.79 Å². The van der Waals surface area contributed by atoms with Gasteiger partial charge in [0.1, 0.15) is 0 Å². The third-order valence-corrected chi connectivity index (χ3v) is 3.16. The number of nitrogens with zero attached hydrogens (tertiary/aromatic N) is 1. The summed E-state index contributed by atoms with van der Waals surface area (Å²) in [6.45, 7) is 1.42. The van der Waals surface area contributed by atoms with Gasteiger partial charge in [0.05, 0.1) is 6.10 Å². The molecule has 3 nitrogen and oxygen atoms in total. The van der Waals surface area contributed by atoms with Crippen LogP contribution in [0, 0.1) is 5.92 Å². The van der Waals surface area contributed by atoms with Crippen LogP contribution in [0.4, 0.5) is 0 Å². The minimum absolute atomic E-state index is 0.280. The first-order chi connectivity index (χ1) is 6.27. The molecule has 1 unspecified atom stereocenters. The smallest absolute Gasteiger partial charge is 0.225 e. The zero-order valence-corrected chi connectivity index (χ0v) is 7.91. The summed E-state index contributed by atoms with van der Waals surface area (Å²) in [7, 11) is 0. The highest BCUT2D eigenvalue weighted by Crippen LogP contribution is 2.29. The Morgan fingerprint density at radius 3 is 2.54 bits per heavy atom. The molecule has 0 aromatic rings. The van der Waals surface area contributed by atoms with E-state index in [1.54, 1.807) is 0 Å². The predicted molar refractivity (Wildman–Crippen MR) is 49.2 cm³/mol. The molecule has 1 N–H and O–H groups in total. The number of hydrogen-bond acceptors (Lipinski definition) is 2. The summed E-state index contributed by atoms with van der Waals surface area (Å²) in [5.41, 5.74) is 0. The Morgan fingerprint density at radius 2 is 2.00 bits per heavy atom. The Labute approximate surface area is 78.7 Å². The van der Waals surface area contributed by atoms with Gasteiger partial charge in [-0.2, -0.15) is 0 Å². The van der Waals surface area contributed by atoms with E-state index >= 15 is 0 Å². The first-order valence-corrected chi connectivity index (χ1v) is 5.24. The molecule has 1 atom stereocenters. The zero-order valence-electron chi connectivity index (χ0n) is 7.91. The lowest BCUT2D eigenvalue weighted by Gasteiger charge is -2.35. The number of aliphatic hydroxyl groups excluding tert-OH is 1. The number of carbonyl (C=O) groups is 1. The molecule has 13 heavy (non-hydrogen) atoms. The SMILES string of the molecule is O=C(C1CCC1)N1CCCC(O)C1. The van der Waals surface area contributed by atoms with Crippen molar-refractivity contribution in [1.29, 1.82) is 0 Å². The molecule has 1 aliphatic carbocycles. The Morgan fingerprint density at radius 1 is 1.23 bits per heavy atom. The highest BCUT2D eigenvalue weighted by molar-refractivity contribution is 5.79. The number of likely N-dealkylation sites (tertiary alicyclic amines) is 1. The Bertz CT molecular complexity index is 201. The lowest BCUT2D eigenvalue weighted by atomic mass is 9.84. The van der Waals surface area contributed by atoms with E-state index in [4.69, 9.17) is 0 Å². The molecular weight excluding hydrogens is 166 g/mol. The van der Waals surface area contributed by atoms with E-state index in [1.165, 1.54) is 6.42 Å². The van der Waals surface area contributed by atoms with E-state index in [0.717, 1.165) is 32.2 Å². The number of carbonyl (C=O) groups excluding carboxylic acids is 1. The summed E-state index contributed by atoms with van der Waals surface area (Å²) in [5, 5.41) is 9.41. The van der Waals surface area contributed by atoms with Crippen LogP contribution in [0.25, 0.3) is 0 Å². The van der Waals surface area contributed by atoms with E-state index in [0.29, 0.717) is 6.54 Å². The van der Waals surface area contributed by atoms with E-state index in [2.05, 4.69) is 0 Å². The van der Waals surface area contributed by atoms with Crippen molar-refractivity contribution in [3.8, 4) is 0 Å². The van der Waals surface area contributed by atoms with Gasteiger partial charge in [-0.05, 0) is 25.7 Å². The maximum atomic E-state index is 11.7. The van der Waals surface area contributed by atoms with Gasteiger partial charge in [-0.1, -0.05) is 6.42 Å². The molecule has 1 saturated heterocycles. The van der Waals surface area contributed by atoms with Crippen molar-refractivity contribution in [3.63, 3.8) is 0 Å². The van der Waals surface area contributed by atoms with Crippen LogP contribution in [0.3, 0.4) is 0 Å². The number of amides is 1. The van der Waals surface area contributed by atoms with Gasteiger partial charge in [-0.15, -0.1) is 0 Å². The molecule has 0 radical (unpaired) electrons. The molecular formula is C10H17NO2. The number of hydrogen-bond donors (Lipinski definition) is 1. The van der Waals surface area contributed by atoms with Crippen molar-refractivity contribution >= 4 is 5.91 Å². The monoisotopic (exact) mass is 183 g/mol. The van der Waals surface area contributed by atoms with Crippen LogP contribution < -0.4 is 0 Å². The maximum absolute atomic E-state index is 11.7. The van der Waals surface area contributed by atoms with Crippen LogP contribution in [0.2, 0.25) is 0 Å². The van der Waals surface area contributed by atoms with E-state index in [-0.39, 0.29) is 17.9 Å². The maximum Gasteiger partial charge on any atom is 0.225 e. The summed E-state index contributed by atoms with van der Waals surface area (Å²) in [6.07, 6.45) is 4.86. The van der Waals surface area contributed by atoms with Gasteiger partial charge >= 0.3 is 0 Å². The van der Waals surface area contributed by atoms with Crippen molar-refractivity contribution in [2.24, 2.45) is 5.92 Å². The zero-order chi connectivity index (χ0) is 9.26. The van der Waals surface area contributed by atoms with Crippen LogP contribution in [-0.4, -0.2) is 35.1 Å². The summed E-state index contributed by atoms with van der Waals surface area (Å²) in [6, 6.07) is 0. The number of aliphatic hydroxyl groups is 1. The van der Waals surface area contributed by atoms with Gasteiger partial charge in [0.25, 0.3) is 0 Å². The molecule has 1 amide bonds. The van der Waals surface area contributed by atoms with Crippen molar-refractivity contribution in [2.75, 3.05) is 13.1 Å². The number of rotatable bonds is 1. The number of β-amino-alcohol motifs (C(OH)–C–C–N with tert-alkyl or cyclic N) is 1. The molecule has 0 spiro atoms. The number of piperidine rings is 1. The van der Waals surface area contributed by atoms with Crippen molar-refractivity contribution < 1.29 is 9.90 Å². The molecule has 74 valence electrons. The topological polar surface area (TPSA) is 40.5 Å². The molecule has 0 aromatic carbocycles. The highest BCUT2D eigenvalue weighted by Gasteiger charge is 2.31. The second-order valence-corrected chi connectivity index (χ2v) is 4.21. The quantitative estimate of drug-likeness (QED) is 0.652. The lowest BCUT2D eigenvalue weighted by Crippen LogP contribution is -2.46. The Hall–Kier alpha value is -0.570. The molecule has 2 rings (SSSR count). The van der Waals surface area contributed by atoms with Crippen LogP contribution in [0.15, 0.2) is 0 Å². The molecule has 2 aliphatic rings. The van der Waals surface area contributed by atoms with Gasteiger partial charge in [0.2, 0.25) is 5.91 Å². The lowest BCUT2D eigenvalue weighted by molar-refractivity contribution is -0.141. The second kappa shape index (κ2) is 3.66. The Balaban J connectivity index is 1.87. The van der Waals surface area contributed by atoms with Gasteiger partial charge < -0.3 is 10.0 Å². The largest absolute Gasteiger partial charge is 0.391 e. The normalized spacial score (nSPS) is 29.9. The van der Waals surface area contributed by atoms with E-state index in [1.807, 2.05) is 4.90 Å². The van der Waals surface area contributed by atoms with Crippen LogP contribution in [0.1, 0.15) is 32.1 Å². The minimum atomic E-state index is -0.280. The average Bonchev–Trinajstić information content (AvgIpc) is 2.01. The fourth-order valence-corrected chi connectivity index (χ4v) is 2.07. The first-order valence-electron chi connectivity index (χ1n) is 5.24.